The molecule has 0 bridgehead atoms. The molecule has 1 rings (SSSR count). The third-order valence-electron chi connectivity index (χ3n) is 2.99. The van der Waals surface area contributed by atoms with Gasteiger partial charge in [0.1, 0.15) is 0 Å². The minimum Gasteiger partial charge on any atom is -0.378 e. The Morgan fingerprint density at radius 2 is 2.36 bits per heavy atom. The van der Waals surface area contributed by atoms with Crippen LogP contribution < -0.4 is 5.32 Å². The second-order valence-electron chi connectivity index (χ2n) is 4.25. The molecule has 2 nitrogen and oxygen atoms in total. The van der Waals surface area contributed by atoms with Crippen molar-refractivity contribution in [2.45, 2.75) is 51.2 Å². The lowest BCUT2D eigenvalue weighted by Gasteiger charge is -2.24. The van der Waals surface area contributed by atoms with Crippen LogP contribution in [-0.2, 0) is 4.74 Å². The maximum Gasteiger partial charge on any atom is 0.0575 e. The number of nitrogens with one attached hydrogen (secondary N) is 1. The smallest absolute Gasteiger partial charge is 0.0575 e. The molecule has 1 saturated heterocycles. The largest absolute Gasteiger partial charge is 0.378 e. The number of rotatable bonds is 5. The Balaban J connectivity index is 2.20. The first-order chi connectivity index (χ1) is 6.74. The zero-order valence-electron chi connectivity index (χ0n) is 9.51. The van der Waals surface area contributed by atoms with Gasteiger partial charge in [0.2, 0.25) is 0 Å². The van der Waals surface area contributed by atoms with E-state index in [1.165, 1.54) is 31.3 Å². The Bertz CT molecular complexity index is 173. The Hall–Kier alpha value is -0.340. The predicted octanol–water partition coefficient (Wildman–Crippen LogP) is 2.50. The SMILES string of the molecule is C=C(C)C(CCC1CCCCO1)NC. The Kier molecular flexibility index (Phi) is 5.20. The Morgan fingerprint density at radius 3 is 2.86 bits per heavy atom. The van der Waals surface area contributed by atoms with Gasteiger partial charge in [-0.05, 0) is 46.1 Å². The van der Waals surface area contributed by atoms with Crippen LogP contribution in [0.3, 0.4) is 0 Å². The summed E-state index contributed by atoms with van der Waals surface area (Å²) in [5, 5.41) is 3.29. The average molecular weight is 197 g/mol. The number of likely N-dealkylation sites (N-methyl/N-ethyl adjacent to an activating group) is 1. The molecule has 14 heavy (non-hydrogen) atoms. The van der Waals surface area contributed by atoms with Gasteiger partial charge < -0.3 is 10.1 Å². The van der Waals surface area contributed by atoms with Crippen LogP contribution in [0.2, 0.25) is 0 Å². The molecule has 0 radical (unpaired) electrons. The molecule has 0 aromatic carbocycles. The molecular formula is C12H23NO. The summed E-state index contributed by atoms with van der Waals surface area (Å²) < 4.78 is 5.70. The van der Waals surface area contributed by atoms with Crippen molar-refractivity contribution in [2.24, 2.45) is 0 Å². The first-order valence-corrected chi connectivity index (χ1v) is 5.68. The third kappa shape index (κ3) is 3.81. The molecule has 1 N–H and O–H groups in total. The molecule has 1 aliphatic heterocycles. The van der Waals surface area contributed by atoms with Crippen LogP contribution >= 0.6 is 0 Å². The van der Waals surface area contributed by atoms with Gasteiger partial charge in [-0.25, -0.2) is 0 Å². The van der Waals surface area contributed by atoms with Crippen LogP contribution in [-0.4, -0.2) is 25.8 Å². The maximum absolute atomic E-state index is 5.70. The molecule has 0 spiro atoms. The highest BCUT2D eigenvalue weighted by Crippen LogP contribution is 2.18. The molecule has 1 heterocycles. The van der Waals surface area contributed by atoms with Crippen LogP contribution in [0.5, 0.6) is 0 Å². The summed E-state index contributed by atoms with van der Waals surface area (Å²) in [6, 6.07) is 0.459. The summed E-state index contributed by atoms with van der Waals surface area (Å²) in [7, 11) is 2.00. The molecular weight excluding hydrogens is 174 g/mol. The second-order valence-corrected chi connectivity index (χ2v) is 4.25. The predicted molar refractivity (Wildman–Crippen MR) is 60.5 cm³/mol. The Labute approximate surface area is 87.7 Å². The Morgan fingerprint density at radius 1 is 1.57 bits per heavy atom. The molecule has 1 fully saturated rings. The number of ether oxygens (including phenoxy) is 1. The van der Waals surface area contributed by atoms with E-state index < -0.39 is 0 Å². The molecule has 0 aliphatic carbocycles. The average Bonchev–Trinajstić information content (AvgIpc) is 2.20. The topological polar surface area (TPSA) is 21.3 Å². The van der Waals surface area contributed by atoms with Crippen molar-refractivity contribution < 1.29 is 4.74 Å². The molecule has 0 saturated carbocycles. The van der Waals surface area contributed by atoms with E-state index in [0.717, 1.165) is 13.0 Å². The van der Waals surface area contributed by atoms with E-state index in [4.69, 9.17) is 4.74 Å². The van der Waals surface area contributed by atoms with Crippen molar-refractivity contribution in [3.8, 4) is 0 Å². The lowest BCUT2D eigenvalue weighted by Crippen LogP contribution is -2.28. The van der Waals surface area contributed by atoms with Crippen molar-refractivity contribution in [1.29, 1.82) is 0 Å². The number of hydrogen-bond acceptors (Lipinski definition) is 2. The van der Waals surface area contributed by atoms with Gasteiger partial charge in [0.05, 0.1) is 6.10 Å². The van der Waals surface area contributed by atoms with Gasteiger partial charge in [-0.15, -0.1) is 0 Å². The van der Waals surface area contributed by atoms with Crippen LogP contribution in [0.1, 0.15) is 39.0 Å². The highest BCUT2D eigenvalue weighted by Gasteiger charge is 2.15. The van der Waals surface area contributed by atoms with Crippen LogP contribution in [0.15, 0.2) is 12.2 Å². The maximum atomic E-state index is 5.70. The minimum absolute atomic E-state index is 0.459. The summed E-state index contributed by atoms with van der Waals surface area (Å²) >= 11 is 0. The van der Waals surface area contributed by atoms with E-state index in [1.807, 2.05) is 7.05 Å². The van der Waals surface area contributed by atoms with Crippen LogP contribution in [0.25, 0.3) is 0 Å². The summed E-state index contributed by atoms with van der Waals surface area (Å²) in [5.41, 5.74) is 1.23. The summed E-state index contributed by atoms with van der Waals surface area (Å²) in [5.74, 6) is 0. The highest BCUT2D eigenvalue weighted by atomic mass is 16.5. The quantitative estimate of drug-likeness (QED) is 0.684. The molecule has 0 aromatic rings. The van der Waals surface area contributed by atoms with E-state index >= 15 is 0 Å². The molecule has 2 atom stereocenters. The van der Waals surface area contributed by atoms with Crippen molar-refractivity contribution >= 4 is 0 Å². The fourth-order valence-electron chi connectivity index (χ4n) is 2.02. The third-order valence-corrected chi connectivity index (χ3v) is 2.99. The molecule has 2 heteroatoms. The van der Waals surface area contributed by atoms with Gasteiger partial charge in [0, 0.05) is 12.6 Å². The summed E-state index contributed by atoms with van der Waals surface area (Å²) in [6.07, 6.45) is 6.63. The summed E-state index contributed by atoms with van der Waals surface area (Å²) in [6.45, 7) is 7.03. The van der Waals surface area contributed by atoms with Crippen molar-refractivity contribution in [1.82, 2.24) is 5.32 Å². The van der Waals surface area contributed by atoms with E-state index in [2.05, 4.69) is 18.8 Å². The van der Waals surface area contributed by atoms with Crippen molar-refractivity contribution in [3.05, 3.63) is 12.2 Å². The second kappa shape index (κ2) is 6.20. The van der Waals surface area contributed by atoms with Gasteiger partial charge in [-0.3, -0.25) is 0 Å². The summed E-state index contributed by atoms with van der Waals surface area (Å²) in [4.78, 5) is 0. The van der Waals surface area contributed by atoms with Crippen LogP contribution in [0, 0.1) is 0 Å². The van der Waals surface area contributed by atoms with E-state index in [0.29, 0.717) is 12.1 Å². The van der Waals surface area contributed by atoms with Crippen molar-refractivity contribution in [2.75, 3.05) is 13.7 Å². The molecule has 0 amide bonds. The number of hydrogen-bond donors (Lipinski definition) is 1. The van der Waals surface area contributed by atoms with E-state index in [9.17, 15) is 0 Å². The lowest BCUT2D eigenvalue weighted by molar-refractivity contribution is 0.00922. The minimum atomic E-state index is 0.459. The molecule has 82 valence electrons. The van der Waals surface area contributed by atoms with Gasteiger partial charge in [-0.2, -0.15) is 0 Å². The van der Waals surface area contributed by atoms with Gasteiger partial charge in [0.25, 0.3) is 0 Å². The lowest BCUT2D eigenvalue weighted by atomic mass is 9.99. The monoisotopic (exact) mass is 197 g/mol. The first-order valence-electron chi connectivity index (χ1n) is 5.68. The standard InChI is InChI=1S/C12H23NO/c1-10(2)12(13-3)8-7-11-6-4-5-9-14-11/h11-13H,1,4-9H2,2-3H3. The normalized spacial score (nSPS) is 24.6. The molecule has 1 aliphatic rings. The highest BCUT2D eigenvalue weighted by molar-refractivity contribution is 5.00. The zero-order valence-corrected chi connectivity index (χ0v) is 9.51. The van der Waals surface area contributed by atoms with E-state index in [-0.39, 0.29) is 0 Å². The molecule has 0 aromatic heterocycles. The van der Waals surface area contributed by atoms with Gasteiger partial charge in [-0.1, -0.05) is 12.2 Å². The molecule has 2 unspecified atom stereocenters. The fraction of sp³-hybridized carbons (Fsp3) is 0.833. The van der Waals surface area contributed by atoms with Crippen LogP contribution in [0.4, 0.5) is 0 Å². The van der Waals surface area contributed by atoms with E-state index in [1.54, 1.807) is 0 Å². The first kappa shape index (κ1) is 11.7. The fourth-order valence-corrected chi connectivity index (χ4v) is 2.02. The van der Waals surface area contributed by atoms with Crippen molar-refractivity contribution in [3.63, 3.8) is 0 Å². The van der Waals surface area contributed by atoms with Gasteiger partial charge >= 0.3 is 0 Å². The zero-order chi connectivity index (χ0) is 10.4. The van der Waals surface area contributed by atoms with Gasteiger partial charge in [0.15, 0.2) is 0 Å².